The van der Waals surface area contributed by atoms with Crippen LogP contribution in [0.1, 0.15) is 18.4 Å². The summed E-state index contributed by atoms with van der Waals surface area (Å²) in [5, 5.41) is 2.88. The third-order valence-electron chi connectivity index (χ3n) is 4.74. The number of anilines is 1. The minimum Gasteiger partial charge on any atom is -0.497 e. The van der Waals surface area contributed by atoms with E-state index < -0.39 is 10.0 Å². The van der Waals surface area contributed by atoms with Crippen LogP contribution >= 0.6 is 0 Å². The van der Waals surface area contributed by atoms with Gasteiger partial charge in [0.1, 0.15) is 5.75 Å². The van der Waals surface area contributed by atoms with E-state index in [1.54, 1.807) is 36.8 Å². The Morgan fingerprint density at radius 2 is 1.97 bits per heavy atom. The van der Waals surface area contributed by atoms with Gasteiger partial charge in [0, 0.05) is 43.7 Å². The van der Waals surface area contributed by atoms with Gasteiger partial charge in [-0.1, -0.05) is 18.2 Å². The maximum Gasteiger partial charge on any atom is 0.232 e. The molecule has 0 unspecified atom stereocenters. The fourth-order valence-corrected chi connectivity index (χ4v) is 4.08. The van der Waals surface area contributed by atoms with Gasteiger partial charge in [0.2, 0.25) is 15.9 Å². The summed E-state index contributed by atoms with van der Waals surface area (Å²) < 4.78 is 32.8. The lowest BCUT2D eigenvalue weighted by molar-refractivity contribution is -0.121. The minimum absolute atomic E-state index is 0.127. The van der Waals surface area contributed by atoms with Crippen LogP contribution < -0.4 is 14.4 Å². The fourth-order valence-electron chi connectivity index (χ4n) is 3.12. The van der Waals surface area contributed by atoms with Crippen molar-refractivity contribution in [3.8, 4) is 11.4 Å². The van der Waals surface area contributed by atoms with Crippen molar-refractivity contribution in [2.24, 2.45) is 0 Å². The number of nitrogens with one attached hydrogen (secondary N) is 1. The van der Waals surface area contributed by atoms with Gasteiger partial charge in [-0.2, -0.15) is 0 Å². The van der Waals surface area contributed by atoms with Gasteiger partial charge in [-0.25, -0.2) is 13.4 Å². The zero-order chi connectivity index (χ0) is 22.3. The maximum atomic E-state index is 12.2. The number of imidazole rings is 1. The van der Waals surface area contributed by atoms with Crippen molar-refractivity contribution in [2.45, 2.75) is 19.4 Å². The van der Waals surface area contributed by atoms with E-state index in [1.165, 1.54) is 11.4 Å². The molecule has 31 heavy (non-hydrogen) atoms. The van der Waals surface area contributed by atoms with Gasteiger partial charge in [0.15, 0.2) is 0 Å². The van der Waals surface area contributed by atoms with Crippen LogP contribution in [0.2, 0.25) is 0 Å². The molecule has 1 N–H and O–H groups in total. The van der Waals surface area contributed by atoms with E-state index >= 15 is 0 Å². The molecule has 9 heteroatoms. The number of rotatable bonds is 10. The highest BCUT2D eigenvalue weighted by molar-refractivity contribution is 7.92. The number of ether oxygens (including phenoxy) is 1. The van der Waals surface area contributed by atoms with Crippen molar-refractivity contribution in [3.63, 3.8) is 0 Å². The summed E-state index contributed by atoms with van der Waals surface area (Å²) in [6.45, 7) is 0.619. The van der Waals surface area contributed by atoms with Crippen molar-refractivity contribution >= 4 is 21.6 Å². The van der Waals surface area contributed by atoms with Gasteiger partial charge in [-0.3, -0.25) is 9.10 Å². The molecule has 3 aromatic rings. The zero-order valence-electron chi connectivity index (χ0n) is 17.6. The van der Waals surface area contributed by atoms with Crippen LogP contribution in [0.25, 0.3) is 5.69 Å². The van der Waals surface area contributed by atoms with Gasteiger partial charge in [-0.15, -0.1) is 0 Å². The maximum absolute atomic E-state index is 12.2. The molecule has 0 fully saturated rings. The van der Waals surface area contributed by atoms with Crippen LogP contribution in [-0.2, 0) is 21.4 Å². The number of aromatic nitrogens is 2. The minimum atomic E-state index is -3.48. The highest BCUT2D eigenvalue weighted by Gasteiger charge is 2.18. The van der Waals surface area contributed by atoms with Gasteiger partial charge in [-0.05, 0) is 36.2 Å². The van der Waals surface area contributed by atoms with Crippen molar-refractivity contribution in [2.75, 3.05) is 24.2 Å². The number of benzene rings is 2. The Bertz CT molecular complexity index is 1100. The summed E-state index contributed by atoms with van der Waals surface area (Å²) in [4.78, 5) is 16.2. The first kappa shape index (κ1) is 22.4. The molecule has 1 amide bonds. The molecule has 3 rings (SSSR count). The van der Waals surface area contributed by atoms with Gasteiger partial charge >= 0.3 is 0 Å². The molecule has 0 aliphatic carbocycles. The lowest BCUT2D eigenvalue weighted by Crippen LogP contribution is -2.32. The second-order valence-corrected chi connectivity index (χ2v) is 8.96. The van der Waals surface area contributed by atoms with Crippen LogP contribution in [0.3, 0.4) is 0 Å². The number of nitrogens with zero attached hydrogens (tertiary/aromatic N) is 3. The van der Waals surface area contributed by atoms with Crippen molar-refractivity contribution < 1.29 is 17.9 Å². The normalized spacial score (nSPS) is 11.2. The molecule has 0 atom stereocenters. The van der Waals surface area contributed by atoms with Gasteiger partial charge < -0.3 is 14.6 Å². The molecule has 0 saturated carbocycles. The third-order valence-corrected chi connectivity index (χ3v) is 5.93. The largest absolute Gasteiger partial charge is 0.497 e. The molecule has 0 saturated heterocycles. The lowest BCUT2D eigenvalue weighted by Gasteiger charge is -2.22. The van der Waals surface area contributed by atoms with E-state index in [0.717, 1.165) is 17.5 Å². The quantitative estimate of drug-likeness (QED) is 0.521. The van der Waals surface area contributed by atoms with Gasteiger partial charge in [0.05, 0.1) is 25.4 Å². The number of carbonyl (C=O) groups is 1. The molecule has 2 aromatic carbocycles. The lowest BCUT2D eigenvalue weighted by atomic mass is 10.2. The second kappa shape index (κ2) is 10.1. The molecule has 8 nitrogen and oxygen atoms in total. The average molecular weight is 443 g/mol. The summed E-state index contributed by atoms with van der Waals surface area (Å²) in [5.41, 5.74) is 2.48. The van der Waals surface area contributed by atoms with Crippen molar-refractivity contribution in [1.29, 1.82) is 0 Å². The smallest absolute Gasteiger partial charge is 0.232 e. The van der Waals surface area contributed by atoms with E-state index in [0.29, 0.717) is 24.4 Å². The second-order valence-electron chi connectivity index (χ2n) is 7.05. The molecule has 1 aromatic heterocycles. The highest BCUT2D eigenvalue weighted by Crippen LogP contribution is 2.23. The monoisotopic (exact) mass is 442 g/mol. The molecule has 0 bridgehead atoms. The first-order chi connectivity index (χ1) is 14.9. The Balaban J connectivity index is 1.50. The summed E-state index contributed by atoms with van der Waals surface area (Å²) in [6.07, 6.45) is 7.08. The summed E-state index contributed by atoms with van der Waals surface area (Å²) >= 11 is 0. The molecule has 0 radical (unpaired) electrons. The van der Waals surface area contributed by atoms with Crippen LogP contribution in [0.4, 0.5) is 5.69 Å². The van der Waals surface area contributed by atoms with E-state index in [1.807, 2.05) is 35.0 Å². The Morgan fingerprint density at radius 3 is 2.61 bits per heavy atom. The van der Waals surface area contributed by atoms with Crippen molar-refractivity contribution in [1.82, 2.24) is 14.9 Å². The zero-order valence-corrected chi connectivity index (χ0v) is 18.4. The SMILES string of the molecule is COc1cccc(N(CCCC(=O)NCc2ccc(-n3ccnc3)cc2)S(C)(=O)=O)c1. The third kappa shape index (κ3) is 6.32. The summed E-state index contributed by atoms with van der Waals surface area (Å²) in [5.74, 6) is 0.445. The Morgan fingerprint density at radius 1 is 1.19 bits per heavy atom. The molecule has 0 aliphatic heterocycles. The average Bonchev–Trinajstić information content (AvgIpc) is 3.30. The number of sulfonamides is 1. The van der Waals surface area contributed by atoms with Crippen LogP contribution in [-0.4, -0.2) is 43.8 Å². The van der Waals surface area contributed by atoms with Gasteiger partial charge in [0.25, 0.3) is 0 Å². The molecule has 0 spiro atoms. The molecular weight excluding hydrogens is 416 g/mol. The number of carbonyl (C=O) groups excluding carboxylic acids is 1. The number of hydrogen-bond acceptors (Lipinski definition) is 5. The Labute approximate surface area is 182 Å². The Kier molecular flexibility index (Phi) is 7.30. The molecule has 164 valence electrons. The van der Waals surface area contributed by atoms with E-state index in [-0.39, 0.29) is 18.9 Å². The van der Waals surface area contributed by atoms with Crippen LogP contribution in [0.15, 0.2) is 67.3 Å². The number of methoxy groups -OCH3 is 1. The van der Waals surface area contributed by atoms with Crippen LogP contribution in [0.5, 0.6) is 5.75 Å². The standard InChI is InChI=1S/C22H26N4O4S/c1-30-21-6-3-5-20(15-21)26(31(2,28)29)13-4-7-22(27)24-16-18-8-10-19(11-9-18)25-14-12-23-17-25/h3,5-6,8-12,14-15,17H,4,7,13,16H2,1-2H3,(H,24,27). The first-order valence-corrected chi connectivity index (χ1v) is 11.7. The molecule has 1 heterocycles. The predicted octanol–water partition coefficient (Wildman–Crippen LogP) is 2.74. The highest BCUT2D eigenvalue weighted by atomic mass is 32.2. The van der Waals surface area contributed by atoms with E-state index in [9.17, 15) is 13.2 Å². The molecular formula is C22H26N4O4S. The molecule has 0 aliphatic rings. The topological polar surface area (TPSA) is 93.5 Å². The number of hydrogen-bond donors (Lipinski definition) is 1. The van der Waals surface area contributed by atoms with Crippen LogP contribution in [0, 0.1) is 0 Å². The van der Waals surface area contributed by atoms with Crippen molar-refractivity contribution in [3.05, 3.63) is 72.8 Å². The predicted molar refractivity (Wildman–Crippen MR) is 120 cm³/mol. The Hall–Kier alpha value is -3.33. The van der Waals surface area contributed by atoms with E-state index in [4.69, 9.17) is 4.74 Å². The first-order valence-electron chi connectivity index (χ1n) is 9.82. The summed E-state index contributed by atoms with van der Waals surface area (Å²) in [7, 11) is -1.95. The fraction of sp³-hybridized carbons (Fsp3) is 0.273. The summed E-state index contributed by atoms with van der Waals surface area (Å²) in [6, 6.07) is 14.7. The number of amides is 1. The van der Waals surface area contributed by atoms with E-state index in [2.05, 4.69) is 10.3 Å².